The summed E-state index contributed by atoms with van der Waals surface area (Å²) in [6, 6.07) is 6.83. The van der Waals surface area contributed by atoms with Crippen LogP contribution in [0.1, 0.15) is 12.8 Å². The lowest BCUT2D eigenvalue weighted by Crippen LogP contribution is -2.29. The molecule has 18 heavy (non-hydrogen) atoms. The van der Waals surface area contributed by atoms with Gasteiger partial charge in [-0.2, -0.15) is 0 Å². The number of aliphatic hydroxyl groups is 1. The first-order valence-electron chi connectivity index (χ1n) is 5.73. The maximum absolute atomic E-state index is 12.0. The Morgan fingerprint density at radius 2 is 1.83 bits per heavy atom. The Morgan fingerprint density at radius 1 is 1.22 bits per heavy atom. The molecule has 1 rings (SSSR count). The van der Waals surface area contributed by atoms with Gasteiger partial charge in [0.15, 0.2) is 0 Å². The van der Waals surface area contributed by atoms with E-state index in [0.717, 1.165) is 0 Å². The summed E-state index contributed by atoms with van der Waals surface area (Å²) in [6.45, 7) is 0.0156. The maximum Gasteiger partial charge on any atom is 0.234 e. The van der Waals surface area contributed by atoms with Crippen molar-refractivity contribution in [2.24, 2.45) is 0 Å². The van der Waals surface area contributed by atoms with Gasteiger partial charge < -0.3 is 9.84 Å². The zero-order valence-electron chi connectivity index (χ0n) is 10.7. The number of benzene rings is 1. The van der Waals surface area contributed by atoms with E-state index in [4.69, 9.17) is 9.84 Å². The molecule has 1 aromatic carbocycles. The molecule has 0 saturated heterocycles. The van der Waals surface area contributed by atoms with Gasteiger partial charge in [-0.25, -0.2) is 8.42 Å². The predicted octanol–water partition coefficient (Wildman–Crippen LogP) is 1.23. The molecule has 0 radical (unpaired) electrons. The number of methoxy groups -OCH3 is 1. The summed E-state index contributed by atoms with van der Waals surface area (Å²) in [4.78, 5) is 0. The van der Waals surface area contributed by atoms with Crippen molar-refractivity contribution in [3.63, 3.8) is 0 Å². The van der Waals surface area contributed by atoms with E-state index in [0.29, 0.717) is 24.3 Å². The Kier molecular flexibility index (Phi) is 5.43. The predicted molar refractivity (Wildman–Crippen MR) is 71.5 cm³/mol. The first kappa shape index (κ1) is 14.8. The fourth-order valence-electron chi connectivity index (χ4n) is 1.49. The number of anilines is 1. The number of nitrogens with zero attached hydrogens (tertiary/aromatic N) is 1. The normalized spacial score (nSPS) is 11.3. The molecule has 6 heteroatoms. The van der Waals surface area contributed by atoms with Crippen LogP contribution in [0.2, 0.25) is 0 Å². The highest BCUT2D eigenvalue weighted by molar-refractivity contribution is 7.92. The van der Waals surface area contributed by atoms with E-state index < -0.39 is 10.0 Å². The number of hydrogen-bond acceptors (Lipinski definition) is 4. The van der Waals surface area contributed by atoms with Crippen molar-refractivity contribution in [2.45, 2.75) is 12.8 Å². The minimum absolute atomic E-state index is 0.0156. The van der Waals surface area contributed by atoms with Gasteiger partial charge in [-0.1, -0.05) is 0 Å². The molecular formula is C12H19NO4S. The van der Waals surface area contributed by atoms with E-state index in [9.17, 15) is 8.42 Å². The average Bonchev–Trinajstić information content (AvgIpc) is 2.38. The molecule has 1 aromatic rings. The van der Waals surface area contributed by atoms with Crippen LogP contribution < -0.4 is 9.04 Å². The number of rotatable bonds is 7. The highest BCUT2D eigenvalue weighted by atomic mass is 32.2. The van der Waals surface area contributed by atoms with Crippen molar-refractivity contribution in [1.82, 2.24) is 0 Å². The van der Waals surface area contributed by atoms with Crippen LogP contribution in [0.5, 0.6) is 5.75 Å². The van der Waals surface area contributed by atoms with Crippen molar-refractivity contribution in [3.8, 4) is 5.75 Å². The van der Waals surface area contributed by atoms with Crippen LogP contribution >= 0.6 is 0 Å². The summed E-state index contributed by atoms with van der Waals surface area (Å²) in [5.74, 6) is 0.723. The molecule has 0 unspecified atom stereocenters. The van der Waals surface area contributed by atoms with Crippen LogP contribution in [-0.4, -0.2) is 40.0 Å². The molecule has 0 aliphatic rings. The zero-order chi connectivity index (χ0) is 13.6. The first-order valence-corrected chi connectivity index (χ1v) is 7.33. The maximum atomic E-state index is 12.0. The minimum Gasteiger partial charge on any atom is -0.497 e. The van der Waals surface area contributed by atoms with Gasteiger partial charge in [0.05, 0.1) is 18.6 Å². The fourth-order valence-corrected chi connectivity index (χ4v) is 2.77. The van der Waals surface area contributed by atoms with Crippen LogP contribution in [0.15, 0.2) is 24.3 Å². The second kappa shape index (κ2) is 6.61. The standard InChI is InChI=1S/C12H19NO4S/c1-13(18(15,16)10-4-3-9-14)11-5-7-12(17-2)8-6-11/h5-8,14H,3-4,9-10H2,1-2H3. The smallest absolute Gasteiger partial charge is 0.234 e. The molecule has 1 N–H and O–H groups in total. The van der Waals surface area contributed by atoms with Gasteiger partial charge in [0, 0.05) is 13.7 Å². The SMILES string of the molecule is COc1ccc(N(C)S(=O)(=O)CCCCO)cc1. The lowest BCUT2D eigenvalue weighted by molar-refractivity contribution is 0.287. The van der Waals surface area contributed by atoms with Gasteiger partial charge in [0.2, 0.25) is 10.0 Å². The molecule has 0 amide bonds. The molecule has 0 saturated carbocycles. The summed E-state index contributed by atoms with van der Waals surface area (Å²) in [5.41, 5.74) is 0.597. The molecule has 0 aromatic heterocycles. The lowest BCUT2D eigenvalue weighted by atomic mass is 10.3. The third-order valence-corrected chi connectivity index (χ3v) is 4.51. The Bertz CT molecular complexity index is 455. The second-order valence-electron chi connectivity index (χ2n) is 3.91. The van der Waals surface area contributed by atoms with Crippen molar-refractivity contribution >= 4 is 15.7 Å². The van der Waals surface area contributed by atoms with Gasteiger partial charge >= 0.3 is 0 Å². The third kappa shape index (κ3) is 3.89. The third-order valence-electron chi connectivity index (χ3n) is 2.66. The van der Waals surface area contributed by atoms with Crippen LogP contribution in [0.25, 0.3) is 0 Å². The monoisotopic (exact) mass is 273 g/mol. The highest BCUT2D eigenvalue weighted by Crippen LogP contribution is 2.20. The number of hydrogen-bond donors (Lipinski definition) is 1. The van der Waals surface area contributed by atoms with E-state index in [1.807, 2.05) is 0 Å². The summed E-state index contributed by atoms with van der Waals surface area (Å²) < 4.78 is 30.2. The molecule has 0 aliphatic carbocycles. The van der Waals surface area contributed by atoms with Gasteiger partial charge in [-0.05, 0) is 37.1 Å². The van der Waals surface area contributed by atoms with E-state index in [1.165, 1.54) is 11.4 Å². The van der Waals surface area contributed by atoms with Gasteiger partial charge in [-0.15, -0.1) is 0 Å². The molecule has 0 bridgehead atoms. The molecule has 0 spiro atoms. The van der Waals surface area contributed by atoms with Crippen LogP contribution in [0, 0.1) is 0 Å². The summed E-state index contributed by atoms with van der Waals surface area (Å²) >= 11 is 0. The Morgan fingerprint density at radius 3 is 2.33 bits per heavy atom. The Labute approximate surface area is 108 Å². The summed E-state index contributed by atoms with van der Waals surface area (Å²) in [7, 11) is -0.240. The molecule has 0 aliphatic heterocycles. The summed E-state index contributed by atoms with van der Waals surface area (Å²) in [5, 5.41) is 8.65. The van der Waals surface area contributed by atoms with E-state index in [1.54, 1.807) is 31.4 Å². The molecule has 0 atom stereocenters. The number of sulfonamides is 1. The minimum atomic E-state index is -3.32. The van der Waals surface area contributed by atoms with Crippen LogP contribution in [0.4, 0.5) is 5.69 Å². The van der Waals surface area contributed by atoms with Gasteiger partial charge in [0.25, 0.3) is 0 Å². The van der Waals surface area contributed by atoms with Crippen molar-refractivity contribution in [1.29, 1.82) is 0 Å². The zero-order valence-corrected chi connectivity index (χ0v) is 11.5. The van der Waals surface area contributed by atoms with Crippen molar-refractivity contribution < 1.29 is 18.3 Å². The second-order valence-corrected chi connectivity index (χ2v) is 6.03. The molecule has 0 heterocycles. The topological polar surface area (TPSA) is 66.8 Å². The molecule has 5 nitrogen and oxygen atoms in total. The molecular weight excluding hydrogens is 254 g/mol. The number of unbranched alkanes of at least 4 members (excludes halogenated alkanes) is 1. The molecule has 102 valence electrons. The van der Waals surface area contributed by atoms with E-state index in [2.05, 4.69) is 0 Å². The van der Waals surface area contributed by atoms with Crippen molar-refractivity contribution in [3.05, 3.63) is 24.3 Å². The van der Waals surface area contributed by atoms with E-state index in [-0.39, 0.29) is 12.4 Å². The Hall–Kier alpha value is -1.27. The lowest BCUT2D eigenvalue weighted by Gasteiger charge is -2.19. The van der Waals surface area contributed by atoms with E-state index >= 15 is 0 Å². The molecule has 0 fully saturated rings. The van der Waals surface area contributed by atoms with Gasteiger partial charge in [-0.3, -0.25) is 4.31 Å². The fraction of sp³-hybridized carbons (Fsp3) is 0.500. The van der Waals surface area contributed by atoms with Crippen LogP contribution in [0.3, 0.4) is 0 Å². The largest absolute Gasteiger partial charge is 0.497 e. The van der Waals surface area contributed by atoms with Crippen LogP contribution in [-0.2, 0) is 10.0 Å². The van der Waals surface area contributed by atoms with Crippen molar-refractivity contribution in [2.75, 3.05) is 30.8 Å². The number of aliphatic hydroxyl groups excluding tert-OH is 1. The quantitative estimate of drug-likeness (QED) is 0.759. The average molecular weight is 273 g/mol. The highest BCUT2D eigenvalue weighted by Gasteiger charge is 2.17. The Balaban J connectivity index is 2.75. The first-order chi connectivity index (χ1) is 8.51. The summed E-state index contributed by atoms with van der Waals surface area (Å²) in [6.07, 6.45) is 0.953. The van der Waals surface area contributed by atoms with Gasteiger partial charge in [0.1, 0.15) is 5.75 Å². The number of ether oxygens (including phenoxy) is 1.